The van der Waals surface area contributed by atoms with E-state index >= 15 is 0 Å². The maximum Gasteiger partial charge on any atom is 0.338 e. The Bertz CT molecular complexity index is 1100. The summed E-state index contributed by atoms with van der Waals surface area (Å²) >= 11 is 3.14. The van der Waals surface area contributed by atoms with E-state index in [9.17, 15) is 9.59 Å². The molecule has 1 N–H and O–H groups in total. The third-order valence-electron chi connectivity index (χ3n) is 4.45. The molecule has 0 spiro atoms. The van der Waals surface area contributed by atoms with E-state index in [0.29, 0.717) is 29.4 Å². The first-order valence-corrected chi connectivity index (χ1v) is 11.4. The van der Waals surface area contributed by atoms with Gasteiger partial charge in [0.05, 0.1) is 5.56 Å². The first-order chi connectivity index (χ1) is 15.1. The summed E-state index contributed by atoms with van der Waals surface area (Å²) in [4.78, 5) is 29.1. The van der Waals surface area contributed by atoms with Crippen molar-refractivity contribution >= 4 is 35.0 Å². The summed E-state index contributed by atoms with van der Waals surface area (Å²) in [5.74, 6) is 1.03. The number of thiazole rings is 1. The lowest BCUT2D eigenvalue weighted by molar-refractivity contribution is -0.124. The number of thioether (sulfide) groups is 1. The van der Waals surface area contributed by atoms with Gasteiger partial charge in [0.15, 0.2) is 18.1 Å². The van der Waals surface area contributed by atoms with Crippen molar-refractivity contribution < 1.29 is 23.8 Å². The predicted molar refractivity (Wildman–Crippen MR) is 118 cm³/mol. The number of nitrogens with zero attached hydrogens (tertiary/aromatic N) is 1. The minimum absolute atomic E-state index is 0.199. The Morgan fingerprint density at radius 2 is 2.03 bits per heavy atom. The number of nitrogens with one attached hydrogen (secondary N) is 1. The summed E-state index contributed by atoms with van der Waals surface area (Å²) in [6.07, 6.45) is 0. The highest BCUT2D eigenvalue weighted by molar-refractivity contribution is 8.00. The SMILES string of the molecule is Cc1csc(SCc2ccccc2C(=O)OCC(=O)NCc2ccc3c(c2)OCO3)n1. The molecule has 160 valence electrons. The Balaban J connectivity index is 1.27. The largest absolute Gasteiger partial charge is 0.454 e. The Kier molecular flexibility index (Phi) is 6.73. The van der Waals surface area contributed by atoms with Gasteiger partial charge in [-0.2, -0.15) is 0 Å². The highest BCUT2D eigenvalue weighted by Gasteiger charge is 2.16. The minimum Gasteiger partial charge on any atom is -0.454 e. The number of hydrogen-bond acceptors (Lipinski definition) is 8. The summed E-state index contributed by atoms with van der Waals surface area (Å²) in [6, 6.07) is 12.7. The fourth-order valence-electron chi connectivity index (χ4n) is 2.89. The fourth-order valence-corrected chi connectivity index (χ4v) is 4.75. The van der Waals surface area contributed by atoms with Gasteiger partial charge in [0.25, 0.3) is 5.91 Å². The number of aromatic nitrogens is 1. The predicted octanol–water partition coefficient (Wildman–Crippen LogP) is 3.95. The molecule has 1 amide bonds. The van der Waals surface area contributed by atoms with Gasteiger partial charge in [-0.25, -0.2) is 9.78 Å². The van der Waals surface area contributed by atoms with Crippen LogP contribution in [-0.4, -0.2) is 30.3 Å². The van der Waals surface area contributed by atoms with Crippen LogP contribution in [0.2, 0.25) is 0 Å². The van der Waals surface area contributed by atoms with Gasteiger partial charge in [0.2, 0.25) is 6.79 Å². The molecule has 3 aromatic rings. The lowest BCUT2D eigenvalue weighted by atomic mass is 10.1. The van der Waals surface area contributed by atoms with Crippen molar-refractivity contribution in [3.63, 3.8) is 0 Å². The average Bonchev–Trinajstić information content (AvgIpc) is 3.43. The standard InChI is InChI=1S/C22H20N2O5S2/c1-14-11-30-22(24-14)31-12-16-4-2-3-5-17(16)21(26)27-10-20(25)23-9-15-6-7-18-19(8-15)29-13-28-18/h2-8,11H,9-10,12-13H2,1H3,(H,23,25). The molecule has 0 saturated heterocycles. The van der Waals surface area contributed by atoms with Crippen molar-refractivity contribution in [1.82, 2.24) is 10.3 Å². The Hall–Kier alpha value is -3.04. The highest BCUT2D eigenvalue weighted by Crippen LogP contribution is 2.32. The molecule has 31 heavy (non-hydrogen) atoms. The van der Waals surface area contributed by atoms with E-state index in [-0.39, 0.29) is 19.3 Å². The van der Waals surface area contributed by atoms with Crippen molar-refractivity contribution in [1.29, 1.82) is 0 Å². The van der Waals surface area contributed by atoms with Crippen molar-refractivity contribution in [2.24, 2.45) is 0 Å². The van der Waals surface area contributed by atoms with Crippen molar-refractivity contribution in [2.45, 2.75) is 23.6 Å². The lowest BCUT2D eigenvalue weighted by Crippen LogP contribution is -2.28. The first kappa shape index (κ1) is 21.2. The topological polar surface area (TPSA) is 86.8 Å². The molecule has 1 aliphatic rings. The van der Waals surface area contributed by atoms with Crippen LogP contribution in [0, 0.1) is 6.92 Å². The molecule has 0 saturated carbocycles. The van der Waals surface area contributed by atoms with Crippen LogP contribution in [0.5, 0.6) is 11.5 Å². The molecule has 0 fully saturated rings. The summed E-state index contributed by atoms with van der Waals surface area (Å²) in [5.41, 5.74) is 3.13. The minimum atomic E-state index is -0.523. The maximum atomic E-state index is 12.5. The molecule has 0 unspecified atom stereocenters. The van der Waals surface area contributed by atoms with E-state index in [0.717, 1.165) is 21.2 Å². The van der Waals surface area contributed by atoms with Gasteiger partial charge < -0.3 is 19.5 Å². The molecule has 0 aliphatic carbocycles. The Morgan fingerprint density at radius 3 is 2.87 bits per heavy atom. The zero-order valence-corrected chi connectivity index (χ0v) is 18.4. The lowest BCUT2D eigenvalue weighted by Gasteiger charge is -2.10. The Morgan fingerprint density at radius 1 is 1.19 bits per heavy atom. The smallest absolute Gasteiger partial charge is 0.338 e. The van der Waals surface area contributed by atoms with Gasteiger partial charge in [0, 0.05) is 23.4 Å². The van der Waals surface area contributed by atoms with Crippen molar-refractivity contribution in [3.8, 4) is 11.5 Å². The second-order valence-corrected chi connectivity index (χ2v) is 8.82. The molecule has 1 aliphatic heterocycles. The van der Waals surface area contributed by atoms with Crippen LogP contribution in [0.25, 0.3) is 0 Å². The van der Waals surface area contributed by atoms with Gasteiger partial charge in [-0.3, -0.25) is 4.79 Å². The molecule has 0 radical (unpaired) electrons. The Labute approximate surface area is 187 Å². The summed E-state index contributed by atoms with van der Waals surface area (Å²) in [5, 5.41) is 4.73. The van der Waals surface area contributed by atoms with Gasteiger partial charge in [-0.1, -0.05) is 36.0 Å². The first-order valence-electron chi connectivity index (χ1n) is 9.53. The number of amides is 1. The molecule has 7 nitrogen and oxygen atoms in total. The van der Waals surface area contributed by atoms with E-state index in [1.54, 1.807) is 41.3 Å². The van der Waals surface area contributed by atoms with Crippen LogP contribution in [0.15, 0.2) is 52.2 Å². The summed E-state index contributed by atoms with van der Waals surface area (Å²) in [6.45, 7) is 2.10. The monoisotopic (exact) mass is 456 g/mol. The third-order valence-corrected chi connectivity index (χ3v) is 6.64. The zero-order valence-electron chi connectivity index (χ0n) is 16.8. The second-order valence-electron chi connectivity index (χ2n) is 6.74. The average molecular weight is 457 g/mol. The van der Waals surface area contributed by atoms with Crippen molar-refractivity contribution in [2.75, 3.05) is 13.4 Å². The zero-order chi connectivity index (χ0) is 21.6. The maximum absolute atomic E-state index is 12.5. The van der Waals surface area contributed by atoms with Crippen molar-refractivity contribution in [3.05, 3.63) is 70.2 Å². The summed E-state index contributed by atoms with van der Waals surface area (Å²) < 4.78 is 16.8. The molecule has 2 aromatic carbocycles. The number of aryl methyl sites for hydroxylation is 1. The molecule has 0 bridgehead atoms. The number of carbonyl (C=O) groups excluding carboxylic acids is 2. The number of fused-ring (bicyclic) bond motifs is 1. The van der Waals surface area contributed by atoms with Crippen LogP contribution in [-0.2, 0) is 21.8 Å². The number of rotatable bonds is 8. The number of hydrogen-bond donors (Lipinski definition) is 1. The van der Waals surface area contributed by atoms with Crippen LogP contribution in [0.4, 0.5) is 0 Å². The molecule has 0 atom stereocenters. The molecular weight excluding hydrogens is 436 g/mol. The quantitative estimate of drug-likeness (QED) is 0.406. The molecular formula is C22H20N2O5S2. The number of carbonyl (C=O) groups is 2. The molecule has 9 heteroatoms. The van der Waals surface area contributed by atoms with Crippen LogP contribution >= 0.6 is 23.1 Å². The van der Waals surface area contributed by atoms with E-state index in [1.165, 1.54) is 0 Å². The molecule has 4 rings (SSSR count). The van der Waals surface area contributed by atoms with Crippen LogP contribution in [0.3, 0.4) is 0 Å². The molecule has 1 aromatic heterocycles. The van der Waals surface area contributed by atoms with E-state index in [2.05, 4.69) is 10.3 Å². The van der Waals surface area contributed by atoms with E-state index in [4.69, 9.17) is 14.2 Å². The fraction of sp³-hybridized carbons (Fsp3) is 0.227. The van der Waals surface area contributed by atoms with E-state index < -0.39 is 5.97 Å². The van der Waals surface area contributed by atoms with Gasteiger partial charge in [0.1, 0.15) is 4.34 Å². The van der Waals surface area contributed by atoms with Gasteiger partial charge in [-0.15, -0.1) is 11.3 Å². The number of benzene rings is 2. The highest BCUT2D eigenvalue weighted by atomic mass is 32.2. The second kappa shape index (κ2) is 9.84. The number of esters is 1. The van der Waals surface area contributed by atoms with E-state index in [1.807, 2.05) is 36.6 Å². The van der Waals surface area contributed by atoms with Gasteiger partial charge in [-0.05, 0) is 36.2 Å². The normalized spacial score (nSPS) is 11.9. The molecule has 2 heterocycles. The number of ether oxygens (including phenoxy) is 3. The van der Waals surface area contributed by atoms with Crippen LogP contribution < -0.4 is 14.8 Å². The third kappa shape index (κ3) is 5.56. The summed E-state index contributed by atoms with van der Waals surface area (Å²) in [7, 11) is 0. The van der Waals surface area contributed by atoms with Gasteiger partial charge >= 0.3 is 5.97 Å². The van der Waals surface area contributed by atoms with Crippen LogP contribution in [0.1, 0.15) is 27.2 Å².